The number of hydrogen-bond acceptors (Lipinski definition) is 3. The number of aryl methyl sites for hydroxylation is 1. The Hall–Kier alpha value is -2.20. The lowest BCUT2D eigenvalue weighted by Gasteiger charge is -2.34. The zero-order valence-corrected chi connectivity index (χ0v) is 16.2. The van der Waals surface area contributed by atoms with Crippen molar-refractivity contribution in [1.29, 1.82) is 0 Å². The maximum atomic E-state index is 13.1. The number of hydrogen-bond donors (Lipinski definition) is 0. The van der Waals surface area contributed by atoms with E-state index in [0.717, 1.165) is 67.6 Å². The first-order chi connectivity index (χ1) is 13.1. The van der Waals surface area contributed by atoms with E-state index in [1.54, 1.807) is 7.11 Å². The number of halogens is 1. The highest BCUT2D eigenvalue weighted by molar-refractivity contribution is 6.02. The second-order valence-electron chi connectivity index (χ2n) is 7.21. The van der Waals surface area contributed by atoms with Gasteiger partial charge in [0.15, 0.2) is 5.78 Å². The van der Waals surface area contributed by atoms with Crippen LogP contribution in [0.4, 0.5) is 4.39 Å². The molecule has 0 spiro atoms. The fourth-order valence-electron chi connectivity index (χ4n) is 3.80. The number of nitrogens with zero attached hydrogens (tertiary/aromatic N) is 1. The lowest BCUT2D eigenvalue weighted by atomic mass is 9.86. The van der Waals surface area contributed by atoms with Gasteiger partial charge in [0.25, 0.3) is 0 Å². The molecule has 1 aliphatic rings. The molecule has 144 valence electrons. The van der Waals surface area contributed by atoms with Crippen LogP contribution in [-0.4, -0.2) is 36.9 Å². The highest BCUT2D eigenvalue weighted by Crippen LogP contribution is 2.28. The predicted molar refractivity (Wildman–Crippen MR) is 106 cm³/mol. The third-order valence-electron chi connectivity index (χ3n) is 5.41. The van der Waals surface area contributed by atoms with Gasteiger partial charge in [0, 0.05) is 12.1 Å². The van der Waals surface area contributed by atoms with Crippen molar-refractivity contribution in [3.05, 3.63) is 65.0 Å². The summed E-state index contributed by atoms with van der Waals surface area (Å²) in [5.41, 5.74) is 3.02. The standard InChI is InChI=1S/C23H28FNO2/c1-3-4-14-25(15-13-17-5-8-19(24)9-6-17)22-12-7-18-16-20(27-2)10-11-21(18)23(22)26/h5-6,8-11,16,22H,3-4,7,12-15H2,1-2H3. The van der Waals surface area contributed by atoms with Crippen molar-refractivity contribution in [2.24, 2.45) is 0 Å². The van der Waals surface area contributed by atoms with Crippen molar-refractivity contribution in [3.63, 3.8) is 0 Å². The summed E-state index contributed by atoms with van der Waals surface area (Å²) in [6, 6.07) is 12.3. The number of carbonyl (C=O) groups excluding carboxylic acids is 1. The van der Waals surface area contributed by atoms with Crippen LogP contribution in [0.5, 0.6) is 5.75 Å². The van der Waals surface area contributed by atoms with Crippen LogP contribution >= 0.6 is 0 Å². The molecule has 2 aromatic carbocycles. The van der Waals surface area contributed by atoms with E-state index >= 15 is 0 Å². The molecule has 0 amide bonds. The molecule has 0 bridgehead atoms. The minimum Gasteiger partial charge on any atom is -0.497 e. The number of rotatable bonds is 8. The van der Waals surface area contributed by atoms with Gasteiger partial charge < -0.3 is 4.74 Å². The van der Waals surface area contributed by atoms with Crippen molar-refractivity contribution in [2.75, 3.05) is 20.2 Å². The summed E-state index contributed by atoms with van der Waals surface area (Å²) in [5, 5.41) is 0. The van der Waals surface area contributed by atoms with Gasteiger partial charge in [-0.2, -0.15) is 0 Å². The molecule has 0 heterocycles. The van der Waals surface area contributed by atoms with Gasteiger partial charge >= 0.3 is 0 Å². The van der Waals surface area contributed by atoms with Gasteiger partial charge in [-0.05, 0) is 73.7 Å². The molecule has 0 radical (unpaired) electrons. The number of ketones is 1. The fourth-order valence-corrected chi connectivity index (χ4v) is 3.80. The fraction of sp³-hybridized carbons (Fsp3) is 0.435. The van der Waals surface area contributed by atoms with Crippen molar-refractivity contribution in [3.8, 4) is 5.75 Å². The van der Waals surface area contributed by atoms with E-state index in [1.807, 2.05) is 30.3 Å². The van der Waals surface area contributed by atoms with Crippen LogP contribution in [-0.2, 0) is 12.8 Å². The molecule has 1 aliphatic carbocycles. The minimum absolute atomic E-state index is 0.0714. The maximum Gasteiger partial charge on any atom is 0.180 e. The second-order valence-corrected chi connectivity index (χ2v) is 7.21. The average molecular weight is 369 g/mol. The van der Waals surface area contributed by atoms with E-state index in [9.17, 15) is 9.18 Å². The van der Waals surface area contributed by atoms with E-state index in [2.05, 4.69) is 11.8 Å². The highest BCUT2D eigenvalue weighted by atomic mass is 19.1. The number of unbranched alkanes of at least 4 members (excludes halogenated alkanes) is 1. The average Bonchev–Trinajstić information content (AvgIpc) is 2.70. The number of carbonyl (C=O) groups is 1. The first-order valence-corrected chi connectivity index (χ1v) is 9.82. The van der Waals surface area contributed by atoms with Crippen LogP contribution in [0.1, 0.15) is 47.7 Å². The summed E-state index contributed by atoms with van der Waals surface area (Å²) in [6.07, 6.45) is 4.72. The molecule has 0 saturated heterocycles. The van der Waals surface area contributed by atoms with E-state index in [0.29, 0.717) is 0 Å². The monoisotopic (exact) mass is 369 g/mol. The Morgan fingerprint density at radius 3 is 2.63 bits per heavy atom. The Balaban J connectivity index is 1.73. The van der Waals surface area contributed by atoms with Gasteiger partial charge in [-0.3, -0.25) is 9.69 Å². The van der Waals surface area contributed by atoms with Crippen LogP contribution in [0.25, 0.3) is 0 Å². The summed E-state index contributed by atoms with van der Waals surface area (Å²) in [7, 11) is 1.65. The number of methoxy groups -OCH3 is 1. The van der Waals surface area contributed by atoms with Crippen molar-refractivity contribution in [1.82, 2.24) is 4.90 Å². The molecule has 0 aliphatic heterocycles. The molecule has 3 nitrogen and oxygen atoms in total. The molecular weight excluding hydrogens is 341 g/mol. The number of fused-ring (bicyclic) bond motifs is 1. The van der Waals surface area contributed by atoms with Gasteiger partial charge in [-0.15, -0.1) is 0 Å². The van der Waals surface area contributed by atoms with Gasteiger partial charge in [-0.25, -0.2) is 4.39 Å². The first kappa shape index (κ1) is 19.6. The molecule has 0 saturated carbocycles. The Kier molecular flexibility index (Phi) is 6.62. The van der Waals surface area contributed by atoms with E-state index in [4.69, 9.17) is 4.74 Å². The maximum absolute atomic E-state index is 13.1. The third-order valence-corrected chi connectivity index (χ3v) is 5.41. The summed E-state index contributed by atoms with van der Waals surface area (Å²) < 4.78 is 18.4. The minimum atomic E-state index is -0.212. The van der Waals surface area contributed by atoms with Crippen molar-refractivity contribution in [2.45, 2.75) is 45.1 Å². The second kappa shape index (κ2) is 9.14. The van der Waals surface area contributed by atoms with Crippen LogP contribution in [0.3, 0.4) is 0 Å². The SMILES string of the molecule is CCCCN(CCc1ccc(F)cc1)C1CCc2cc(OC)ccc2C1=O. The summed E-state index contributed by atoms with van der Waals surface area (Å²) in [4.78, 5) is 15.5. The van der Waals surface area contributed by atoms with Crippen LogP contribution < -0.4 is 4.74 Å². The quantitative estimate of drug-likeness (QED) is 0.677. The van der Waals surface area contributed by atoms with Gasteiger partial charge in [0.05, 0.1) is 13.2 Å². The smallest absolute Gasteiger partial charge is 0.180 e. The molecule has 27 heavy (non-hydrogen) atoms. The zero-order chi connectivity index (χ0) is 19.2. The lowest BCUT2D eigenvalue weighted by Crippen LogP contribution is -2.45. The zero-order valence-electron chi connectivity index (χ0n) is 16.2. The summed E-state index contributed by atoms with van der Waals surface area (Å²) in [6.45, 7) is 3.90. The Labute approximate surface area is 161 Å². The van der Waals surface area contributed by atoms with Gasteiger partial charge in [0.1, 0.15) is 11.6 Å². The van der Waals surface area contributed by atoms with Crippen LogP contribution in [0.15, 0.2) is 42.5 Å². The van der Waals surface area contributed by atoms with E-state index < -0.39 is 0 Å². The van der Waals surface area contributed by atoms with E-state index in [1.165, 1.54) is 12.1 Å². The molecule has 1 atom stereocenters. The molecule has 1 unspecified atom stereocenters. The summed E-state index contributed by atoms with van der Waals surface area (Å²) >= 11 is 0. The molecule has 2 aromatic rings. The molecular formula is C23H28FNO2. The van der Waals surface area contributed by atoms with Gasteiger partial charge in [-0.1, -0.05) is 25.5 Å². The largest absolute Gasteiger partial charge is 0.497 e. The third kappa shape index (κ3) is 4.75. The Morgan fingerprint density at radius 1 is 1.15 bits per heavy atom. The van der Waals surface area contributed by atoms with Gasteiger partial charge in [0.2, 0.25) is 0 Å². The predicted octanol–water partition coefficient (Wildman–Crippen LogP) is 4.68. The Bertz CT molecular complexity index is 772. The van der Waals surface area contributed by atoms with Crippen LogP contribution in [0, 0.1) is 5.82 Å². The van der Waals surface area contributed by atoms with Crippen LogP contribution in [0.2, 0.25) is 0 Å². The lowest BCUT2D eigenvalue weighted by molar-refractivity contribution is 0.0787. The van der Waals surface area contributed by atoms with E-state index in [-0.39, 0.29) is 17.6 Å². The number of ether oxygens (including phenoxy) is 1. The summed E-state index contributed by atoms with van der Waals surface area (Å²) in [5.74, 6) is 0.810. The number of Topliss-reactive ketones (excluding diaryl/α,β-unsaturated/α-hetero) is 1. The van der Waals surface area contributed by atoms with Crippen molar-refractivity contribution >= 4 is 5.78 Å². The Morgan fingerprint density at radius 2 is 1.93 bits per heavy atom. The topological polar surface area (TPSA) is 29.5 Å². The first-order valence-electron chi connectivity index (χ1n) is 9.82. The molecule has 0 N–H and O–H groups in total. The van der Waals surface area contributed by atoms with Crippen molar-refractivity contribution < 1.29 is 13.9 Å². The normalized spacial score (nSPS) is 16.4. The molecule has 0 aromatic heterocycles. The molecule has 0 fully saturated rings. The molecule has 4 heteroatoms. The number of benzene rings is 2. The molecule has 3 rings (SSSR count). The highest BCUT2D eigenvalue weighted by Gasteiger charge is 2.31.